The van der Waals surface area contributed by atoms with Crippen LogP contribution in [-0.2, 0) is 6.54 Å². The van der Waals surface area contributed by atoms with Crippen LogP contribution in [0.4, 0.5) is 0 Å². The Morgan fingerprint density at radius 3 is 2.57 bits per heavy atom. The molecule has 7 heteroatoms. The maximum absolute atomic E-state index is 13.0. The van der Waals surface area contributed by atoms with Gasteiger partial charge in [-0.2, -0.15) is 5.10 Å². The summed E-state index contributed by atoms with van der Waals surface area (Å²) in [5, 5.41) is 4.62. The average molecular weight is 403 g/mol. The minimum Gasteiger partial charge on any atom is -0.343 e. The molecule has 154 valence electrons. The maximum atomic E-state index is 13.0. The first kappa shape index (κ1) is 19.8. The largest absolute Gasteiger partial charge is 0.343 e. The van der Waals surface area contributed by atoms with E-state index in [0.717, 1.165) is 39.1 Å². The number of benzene rings is 1. The third-order valence-electron chi connectivity index (χ3n) is 5.48. The number of amides is 1. The van der Waals surface area contributed by atoms with E-state index < -0.39 is 0 Å². The number of H-pyrrole nitrogens is 1. The zero-order valence-corrected chi connectivity index (χ0v) is 18.0. The smallest absolute Gasteiger partial charge is 0.253 e. The van der Waals surface area contributed by atoms with Gasteiger partial charge >= 0.3 is 0 Å². The number of imidazole rings is 1. The van der Waals surface area contributed by atoms with Crippen LogP contribution in [-0.4, -0.2) is 42.6 Å². The molecular weight excluding hydrogens is 376 g/mol. The maximum Gasteiger partial charge on any atom is 0.253 e. The van der Waals surface area contributed by atoms with E-state index in [1.165, 1.54) is 0 Å². The number of carbonyl (C=O) groups is 1. The van der Waals surface area contributed by atoms with Crippen molar-refractivity contribution in [3.63, 3.8) is 0 Å². The SMILES string of the molecule is Cc1nn(C(C)C)c(C)c1CN(C)C(=O)c1ccc(-c2cncc3[nH]cnc23)cc1. The fourth-order valence-corrected chi connectivity index (χ4v) is 3.83. The number of nitrogens with zero attached hydrogens (tertiary/aromatic N) is 5. The van der Waals surface area contributed by atoms with Gasteiger partial charge in [0.15, 0.2) is 0 Å². The highest BCUT2D eigenvalue weighted by Crippen LogP contribution is 2.26. The van der Waals surface area contributed by atoms with E-state index in [4.69, 9.17) is 0 Å². The Morgan fingerprint density at radius 2 is 1.90 bits per heavy atom. The summed E-state index contributed by atoms with van der Waals surface area (Å²) in [7, 11) is 1.83. The molecule has 0 saturated carbocycles. The molecule has 0 radical (unpaired) electrons. The van der Waals surface area contributed by atoms with Gasteiger partial charge in [0.25, 0.3) is 5.91 Å². The first-order valence-electron chi connectivity index (χ1n) is 10.0. The molecule has 0 aliphatic heterocycles. The molecule has 30 heavy (non-hydrogen) atoms. The van der Waals surface area contributed by atoms with Gasteiger partial charge in [-0.3, -0.25) is 14.5 Å². The second kappa shape index (κ2) is 7.74. The van der Waals surface area contributed by atoms with Crippen LogP contribution in [0.25, 0.3) is 22.2 Å². The highest BCUT2D eigenvalue weighted by molar-refractivity contribution is 5.96. The van der Waals surface area contributed by atoms with Gasteiger partial charge in [-0.05, 0) is 45.4 Å². The molecule has 1 amide bonds. The number of aromatic nitrogens is 5. The highest BCUT2D eigenvalue weighted by Gasteiger charge is 2.19. The van der Waals surface area contributed by atoms with Gasteiger partial charge < -0.3 is 9.88 Å². The molecule has 4 aromatic rings. The molecule has 4 rings (SSSR count). The number of fused-ring (bicyclic) bond motifs is 1. The minimum atomic E-state index is -0.0197. The van der Waals surface area contributed by atoms with Crippen molar-refractivity contribution >= 4 is 16.9 Å². The second-order valence-corrected chi connectivity index (χ2v) is 7.91. The van der Waals surface area contributed by atoms with Crippen molar-refractivity contribution in [1.82, 2.24) is 29.6 Å². The summed E-state index contributed by atoms with van der Waals surface area (Å²) in [4.78, 5) is 26.5. The van der Waals surface area contributed by atoms with Gasteiger partial charge in [-0.25, -0.2) is 4.98 Å². The Kier molecular flexibility index (Phi) is 5.11. The predicted molar refractivity (Wildman–Crippen MR) is 117 cm³/mol. The minimum absolute atomic E-state index is 0.0197. The highest BCUT2D eigenvalue weighted by atomic mass is 16.2. The van der Waals surface area contributed by atoms with Crippen LogP contribution in [0, 0.1) is 13.8 Å². The molecular formula is C23H26N6O. The van der Waals surface area contributed by atoms with Crippen molar-refractivity contribution in [2.24, 2.45) is 0 Å². The fourth-order valence-electron chi connectivity index (χ4n) is 3.83. The van der Waals surface area contributed by atoms with Crippen molar-refractivity contribution in [3.8, 4) is 11.1 Å². The summed E-state index contributed by atoms with van der Waals surface area (Å²) in [5.41, 5.74) is 7.50. The van der Waals surface area contributed by atoms with Crippen molar-refractivity contribution in [2.45, 2.75) is 40.3 Å². The summed E-state index contributed by atoms with van der Waals surface area (Å²) >= 11 is 0. The average Bonchev–Trinajstić information content (AvgIpc) is 3.33. The molecule has 0 atom stereocenters. The van der Waals surface area contributed by atoms with Crippen molar-refractivity contribution in [1.29, 1.82) is 0 Å². The zero-order chi connectivity index (χ0) is 21.4. The molecule has 1 N–H and O–H groups in total. The quantitative estimate of drug-likeness (QED) is 0.540. The van der Waals surface area contributed by atoms with Crippen LogP contribution in [0.2, 0.25) is 0 Å². The van der Waals surface area contributed by atoms with Crippen LogP contribution in [0.15, 0.2) is 43.0 Å². The second-order valence-electron chi connectivity index (χ2n) is 7.91. The van der Waals surface area contributed by atoms with Crippen LogP contribution in [0.3, 0.4) is 0 Å². The van der Waals surface area contributed by atoms with E-state index in [1.807, 2.05) is 42.9 Å². The van der Waals surface area contributed by atoms with Crippen molar-refractivity contribution in [2.75, 3.05) is 7.05 Å². The molecule has 0 unspecified atom stereocenters. The molecule has 0 fully saturated rings. The topological polar surface area (TPSA) is 79.7 Å². The monoisotopic (exact) mass is 402 g/mol. The first-order chi connectivity index (χ1) is 14.4. The summed E-state index contributed by atoms with van der Waals surface area (Å²) < 4.78 is 2.02. The van der Waals surface area contributed by atoms with Crippen molar-refractivity contribution < 1.29 is 4.79 Å². The Hall–Kier alpha value is -3.48. The van der Waals surface area contributed by atoms with Gasteiger partial charge in [0.1, 0.15) is 0 Å². The van der Waals surface area contributed by atoms with E-state index in [2.05, 4.69) is 40.8 Å². The number of carbonyl (C=O) groups excluding carboxylic acids is 1. The molecule has 0 aliphatic rings. The number of nitrogens with one attached hydrogen (secondary N) is 1. The van der Waals surface area contributed by atoms with Gasteiger partial charge in [-0.1, -0.05) is 12.1 Å². The van der Waals surface area contributed by atoms with Gasteiger partial charge in [0, 0.05) is 48.2 Å². The third-order valence-corrected chi connectivity index (χ3v) is 5.48. The first-order valence-corrected chi connectivity index (χ1v) is 10.0. The predicted octanol–water partition coefficient (Wildman–Crippen LogP) is 4.29. The van der Waals surface area contributed by atoms with Gasteiger partial charge in [0.2, 0.25) is 0 Å². The third kappa shape index (κ3) is 3.47. The van der Waals surface area contributed by atoms with Crippen molar-refractivity contribution in [3.05, 3.63) is 65.5 Å². The van der Waals surface area contributed by atoms with Crippen LogP contribution < -0.4 is 0 Å². The Labute approximate surface area is 175 Å². The lowest BCUT2D eigenvalue weighted by atomic mass is 10.0. The summed E-state index contributed by atoms with van der Waals surface area (Å²) in [6.45, 7) is 8.81. The molecule has 3 heterocycles. The standard InChI is InChI=1S/C23H26N6O/c1-14(2)29-16(4)20(15(3)27-29)12-28(5)23(30)18-8-6-17(7-9-18)19-10-24-11-21-22(19)26-13-25-21/h6-11,13-14H,12H2,1-5H3,(H,25,26). The number of pyridine rings is 1. The van der Waals surface area contributed by atoms with Gasteiger partial charge in [-0.15, -0.1) is 0 Å². The lowest BCUT2D eigenvalue weighted by Crippen LogP contribution is -2.26. The number of hydrogen-bond acceptors (Lipinski definition) is 4. The lowest BCUT2D eigenvalue weighted by Gasteiger charge is -2.18. The van der Waals surface area contributed by atoms with E-state index >= 15 is 0 Å². The number of hydrogen-bond donors (Lipinski definition) is 1. The number of aromatic amines is 1. The van der Waals surface area contributed by atoms with Crippen LogP contribution in [0.5, 0.6) is 0 Å². The molecule has 7 nitrogen and oxygen atoms in total. The lowest BCUT2D eigenvalue weighted by molar-refractivity contribution is 0.0784. The van der Waals surface area contributed by atoms with Crippen LogP contribution in [0.1, 0.15) is 47.2 Å². The van der Waals surface area contributed by atoms with Crippen LogP contribution >= 0.6 is 0 Å². The molecule has 0 saturated heterocycles. The Balaban J connectivity index is 1.55. The molecule has 0 aliphatic carbocycles. The molecule has 1 aromatic carbocycles. The molecule has 0 spiro atoms. The van der Waals surface area contributed by atoms with E-state index in [0.29, 0.717) is 18.2 Å². The zero-order valence-electron chi connectivity index (χ0n) is 18.0. The molecule has 3 aromatic heterocycles. The summed E-state index contributed by atoms with van der Waals surface area (Å²) in [6, 6.07) is 7.90. The summed E-state index contributed by atoms with van der Waals surface area (Å²) in [5.74, 6) is -0.0197. The van der Waals surface area contributed by atoms with E-state index in [1.54, 1.807) is 23.6 Å². The normalized spacial score (nSPS) is 11.4. The number of rotatable bonds is 5. The number of aryl methyl sites for hydroxylation is 1. The molecule has 0 bridgehead atoms. The van der Waals surface area contributed by atoms with Gasteiger partial charge in [0.05, 0.1) is 29.3 Å². The van der Waals surface area contributed by atoms with E-state index in [9.17, 15) is 4.79 Å². The summed E-state index contributed by atoms with van der Waals surface area (Å²) in [6.07, 6.45) is 5.21. The Bertz CT molecular complexity index is 1200. The van der Waals surface area contributed by atoms with E-state index in [-0.39, 0.29) is 5.91 Å². The Morgan fingerprint density at radius 1 is 1.17 bits per heavy atom. The fraction of sp³-hybridized carbons (Fsp3) is 0.304.